The van der Waals surface area contributed by atoms with Crippen LogP contribution in [-0.4, -0.2) is 26.8 Å². The summed E-state index contributed by atoms with van der Waals surface area (Å²) in [5, 5.41) is 17.4. The van der Waals surface area contributed by atoms with E-state index in [0.717, 1.165) is 28.9 Å². The summed E-state index contributed by atoms with van der Waals surface area (Å²) in [7, 11) is 0. The van der Waals surface area contributed by atoms with Crippen LogP contribution in [0.3, 0.4) is 0 Å². The second-order valence-corrected chi connectivity index (χ2v) is 8.21. The van der Waals surface area contributed by atoms with Crippen molar-refractivity contribution in [2.75, 3.05) is 0 Å². The van der Waals surface area contributed by atoms with Gasteiger partial charge in [0.1, 0.15) is 0 Å². The van der Waals surface area contributed by atoms with Gasteiger partial charge in [0.25, 0.3) is 0 Å². The lowest BCUT2D eigenvalue weighted by Gasteiger charge is -2.23. The molecule has 2 aliphatic carbocycles. The molecule has 1 aromatic heterocycles. The molecule has 4 atom stereocenters. The number of carbonyl (C=O) groups is 2. The lowest BCUT2D eigenvalue weighted by Crippen LogP contribution is -2.39. The number of aromatic nitrogens is 2. The van der Waals surface area contributed by atoms with E-state index in [1.165, 1.54) is 0 Å². The molecule has 31 heavy (non-hydrogen) atoms. The zero-order valence-corrected chi connectivity index (χ0v) is 16.9. The highest BCUT2D eigenvalue weighted by atomic mass is 16.4. The lowest BCUT2D eigenvalue weighted by molar-refractivity contribution is -0.147. The zero-order valence-electron chi connectivity index (χ0n) is 16.9. The van der Waals surface area contributed by atoms with Crippen molar-refractivity contribution in [3.63, 3.8) is 0 Å². The Hall–Kier alpha value is -3.67. The van der Waals surface area contributed by atoms with Gasteiger partial charge in [0, 0.05) is 23.9 Å². The molecule has 1 heterocycles. The van der Waals surface area contributed by atoms with Crippen LogP contribution in [-0.2, 0) is 16.1 Å². The van der Waals surface area contributed by atoms with Crippen LogP contribution in [0.4, 0.5) is 0 Å². The Morgan fingerprint density at radius 1 is 0.968 bits per heavy atom. The lowest BCUT2D eigenvalue weighted by atomic mass is 9.82. The predicted molar refractivity (Wildman–Crippen MR) is 116 cm³/mol. The predicted octanol–water partition coefficient (Wildman–Crippen LogP) is 3.68. The maximum Gasteiger partial charge on any atom is 0.307 e. The van der Waals surface area contributed by atoms with E-state index in [1.54, 1.807) is 0 Å². The molecule has 0 spiro atoms. The quantitative estimate of drug-likeness (QED) is 0.604. The highest BCUT2D eigenvalue weighted by Gasteiger charge is 2.51. The van der Waals surface area contributed by atoms with Gasteiger partial charge in [0.05, 0.1) is 23.2 Å². The number of benzene rings is 2. The normalized spacial score (nSPS) is 23.7. The number of rotatable bonds is 6. The first-order chi connectivity index (χ1) is 15.1. The summed E-state index contributed by atoms with van der Waals surface area (Å²) < 4.78 is 1.81. The van der Waals surface area contributed by atoms with Crippen LogP contribution in [0.15, 0.2) is 79.0 Å². The van der Waals surface area contributed by atoms with Gasteiger partial charge in [-0.3, -0.25) is 9.59 Å². The minimum Gasteiger partial charge on any atom is -0.481 e. The van der Waals surface area contributed by atoms with Crippen molar-refractivity contribution in [3.8, 4) is 16.9 Å². The van der Waals surface area contributed by atoms with Crippen LogP contribution >= 0.6 is 0 Å². The Morgan fingerprint density at radius 2 is 1.61 bits per heavy atom. The van der Waals surface area contributed by atoms with Gasteiger partial charge in [-0.1, -0.05) is 60.7 Å². The molecule has 3 aromatic rings. The summed E-state index contributed by atoms with van der Waals surface area (Å²) in [6.45, 7) is 0.292. The molecule has 1 amide bonds. The van der Waals surface area contributed by atoms with Gasteiger partial charge >= 0.3 is 5.97 Å². The van der Waals surface area contributed by atoms with Crippen LogP contribution in [0.1, 0.15) is 12.0 Å². The smallest absolute Gasteiger partial charge is 0.307 e. The maximum atomic E-state index is 13.0. The fourth-order valence-corrected chi connectivity index (χ4v) is 4.91. The molecule has 0 saturated heterocycles. The van der Waals surface area contributed by atoms with Gasteiger partial charge < -0.3 is 10.4 Å². The van der Waals surface area contributed by atoms with E-state index >= 15 is 0 Å². The summed E-state index contributed by atoms with van der Waals surface area (Å²) in [5.74, 6) is -2.28. The number of carboxylic acids is 1. The van der Waals surface area contributed by atoms with Crippen molar-refractivity contribution in [1.29, 1.82) is 0 Å². The Kier molecular flexibility index (Phi) is 4.90. The molecule has 6 nitrogen and oxygen atoms in total. The van der Waals surface area contributed by atoms with E-state index < -0.39 is 17.8 Å². The molecular weight excluding hydrogens is 390 g/mol. The Labute approximate surface area is 180 Å². The standard InChI is InChI=1S/C25H23N3O3/c29-24(21-17-11-12-18(13-17)22(21)25(30)31)26-14-19-15-28(20-9-5-2-6-10-20)27-23(19)16-7-3-1-4-8-16/h1-12,15,17-18,21-22H,13-14H2,(H,26,29)(H,30,31)/t17-,18-,21-,22-/m0/s1. The summed E-state index contributed by atoms with van der Waals surface area (Å²) in [4.78, 5) is 24.8. The van der Waals surface area contributed by atoms with Crippen LogP contribution in [0, 0.1) is 23.7 Å². The summed E-state index contributed by atoms with van der Waals surface area (Å²) in [6, 6.07) is 19.7. The number of hydrogen-bond acceptors (Lipinski definition) is 3. The van der Waals surface area contributed by atoms with E-state index in [9.17, 15) is 14.7 Å². The molecule has 0 unspecified atom stereocenters. The van der Waals surface area contributed by atoms with Crippen molar-refractivity contribution in [3.05, 3.63) is 84.6 Å². The number of aliphatic carboxylic acids is 1. The number of carboxylic acid groups (broad SMARTS) is 1. The number of hydrogen-bond donors (Lipinski definition) is 2. The van der Waals surface area contributed by atoms with E-state index in [4.69, 9.17) is 5.10 Å². The molecule has 5 rings (SSSR count). The molecule has 2 aliphatic rings. The highest BCUT2D eigenvalue weighted by molar-refractivity contribution is 5.87. The van der Waals surface area contributed by atoms with Gasteiger partial charge in [0.2, 0.25) is 5.91 Å². The Balaban J connectivity index is 1.41. The van der Waals surface area contributed by atoms with Gasteiger partial charge in [0.15, 0.2) is 0 Å². The van der Waals surface area contributed by atoms with Crippen molar-refractivity contribution in [2.24, 2.45) is 23.7 Å². The summed E-state index contributed by atoms with van der Waals surface area (Å²) >= 11 is 0. The molecular formula is C25H23N3O3. The molecule has 2 aromatic carbocycles. The molecule has 156 valence electrons. The Bertz CT molecular complexity index is 1140. The van der Waals surface area contributed by atoms with Crippen LogP contribution in [0.5, 0.6) is 0 Å². The van der Waals surface area contributed by atoms with E-state index in [-0.39, 0.29) is 17.7 Å². The monoisotopic (exact) mass is 413 g/mol. The second kappa shape index (κ2) is 7.87. The van der Waals surface area contributed by atoms with E-state index in [2.05, 4.69) is 5.32 Å². The largest absolute Gasteiger partial charge is 0.481 e. The number of nitrogens with one attached hydrogen (secondary N) is 1. The van der Waals surface area contributed by atoms with E-state index in [0.29, 0.717) is 6.54 Å². The SMILES string of the molecule is O=C(O)[C@@H]1[C@@H](C(=O)NCc2cn(-c3ccccc3)nc2-c2ccccc2)[C@H]2C=C[C@H]1C2. The average molecular weight is 413 g/mol. The third-order valence-electron chi connectivity index (χ3n) is 6.36. The zero-order chi connectivity index (χ0) is 21.4. The number of fused-ring (bicyclic) bond motifs is 2. The topological polar surface area (TPSA) is 84.2 Å². The van der Waals surface area contributed by atoms with Crippen LogP contribution in [0.2, 0.25) is 0 Å². The van der Waals surface area contributed by atoms with Crippen molar-refractivity contribution in [1.82, 2.24) is 15.1 Å². The third-order valence-corrected chi connectivity index (χ3v) is 6.36. The maximum absolute atomic E-state index is 13.0. The number of allylic oxidation sites excluding steroid dienone is 2. The summed E-state index contributed by atoms with van der Waals surface area (Å²) in [6.07, 6.45) is 6.62. The molecule has 6 heteroatoms. The first kappa shape index (κ1) is 19.3. The van der Waals surface area contributed by atoms with Gasteiger partial charge in [-0.15, -0.1) is 0 Å². The van der Waals surface area contributed by atoms with Crippen molar-refractivity contribution >= 4 is 11.9 Å². The van der Waals surface area contributed by atoms with Gasteiger partial charge in [-0.2, -0.15) is 5.10 Å². The first-order valence-electron chi connectivity index (χ1n) is 10.5. The molecule has 2 N–H and O–H groups in total. The highest BCUT2D eigenvalue weighted by Crippen LogP contribution is 2.48. The van der Waals surface area contributed by atoms with Crippen LogP contribution in [0.25, 0.3) is 16.9 Å². The fraction of sp³-hybridized carbons (Fsp3) is 0.240. The van der Waals surface area contributed by atoms with Gasteiger partial charge in [-0.25, -0.2) is 4.68 Å². The number of para-hydroxylation sites is 1. The van der Waals surface area contributed by atoms with Crippen molar-refractivity contribution < 1.29 is 14.7 Å². The van der Waals surface area contributed by atoms with Crippen molar-refractivity contribution in [2.45, 2.75) is 13.0 Å². The molecule has 0 aliphatic heterocycles. The second-order valence-electron chi connectivity index (χ2n) is 8.21. The number of amides is 1. The fourth-order valence-electron chi connectivity index (χ4n) is 4.91. The number of nitrogens with zero attached hydrogens (tertiary/aromatic N) is 2. The molecule has 0 radical (unpaired) electrons. The minimum atomic E-state index is -0.890. The minimum absolute atomic E-state index is 0.00624. The summed E-state index contributed by atoms with van der Waals surface area (Å²) in [5.41, 5.74) is 3.58. The molecule has 1 fully saturated rings. The average Bonchev–Trinajstić information content (AvgIpc) is 3.53. The molecule has 2 bridgehead atoms. The third kappa shape index (κ3) is 3.54. The van der Waals surface area contributed by atoms with Crippen LogP contribution < -0.4 is 5.32 Å². The number of carbonyl (C=O) groups excluding carboxylic acids is 1. The first-order valence-corrected chi connectivity index (χ1v) is 10.5. The van der Waals surface area contributed by atoms with E-state index in [1.807, 2.05) is 83.7 Å². The molecule has 1 saturated carbocycles. The van der Waals surface area contributed by atoms with Gasteiger partial charge in [-0.05, 0) is 30.4 Å². The Morgan fingerprint density at radius 3 is 2.29 bits per heavy atom.